The zero-order valence-corrected chi connectivity index (χ0v) is 17.7. The average molecular weight is 440 g/mol. The summed E-state index contributed by atoms with van der Waals surface area (Å²) in [6.07, 6.45) is 5.43. The lowest BCUT2D eigenvalue weighted by molar-refractivity contribution is -0.115. The number of amides is 1. The van der Waals surface area contributed by atoms with Gasteiger partial charge in [0.1, 0.15) is 5.82 Å². The van der Waals surface area contributed by atoms with Crippen molar-refractivity contribution in [2.24, 2.45) is 0 Å². The van der Waals surface area contributed by atoms with Gasteiger partial charge in [0.25, 0.3) is 0 Å². The minimum absolute atomic E-state index is 0.153. The van der Waals surface area contributed by atoms with Crippen LogP contribution >= 0.6 is 11.6 Å². The van der Waals surface area contributed by atoms with Crippen LogP contribution in [-0.2, 0) is 11.2 Å². The lowest BCUT2D eigenvalue weighted by atomic mass is 10.0. The van der Waals surface area contributed by atoms with Gasteiger partial charge in [-0.25, -0.2) is 4.98 Å². The number of benzene rings is 1. The number of anilines is 1. The molecule has 0 saturated carbocycles. The number of H-pyrrole nitrogens is 1. The Balaban J connectivity index is 1.48. The van der Waals surface area contributed by atoms with Crippen molar-refractivity contribution in [3.63, 3.8) is 0 Å². The summed E-state index contributed by atoms with van der Waals surface area (Å²) in [4.78, 5) is 29.4. The zero-order valence-electron chi connectivity index (χ0n) is 16.9. The summed E-state index contributed by atoms with van der Waals surface area (Å²) < 4.78 is 0. The predicted molar refractivity (Wildman–Crippen MR) is 126 cm³/mol. The second-order valence-corrected chi connectivity index (χ2v) is 7.71. The summed E-state index contributed by atoms with van der Waals surface area (Å²) in [5.41, 5.74) is 6.10. The molecule has 6 nitrogen and oxygen atoms in total. The topological polar surface area (TPSA) is 83.6 Å². The number of aromatic amines is 1. The van der Waals surface area contributed by atoms with Crippen LogP contribution in [0.15, 0.2) is 85.3 Å². The number of halogens is 1. The van der Waals surface area contributed by atoms with Crippen molar-refractivity contribution in [3.05, 3.63) is 95.9 Å². The van der Waals surface area contributed by atoms with Gasteiger partial charge < -0.3 is 10.3 Å². The van der Waals surface area contributed by atoms with Gasteiger partial charge in [-0.3, -0.25) is 14.8 Å². The van der Waals surface area contributed by atoms with Crippen LogP contribution in [0.2, 0.25) is 5.02 Å². The quantitative estimate of drug-likeness (QED) is 0.377. The van der Waals surface area contributed by atoms with Crippen molar-refractivity contribution in [2.45, 2.75) is 6.42 Å². The molecule has 1 amide bonds. The van der Waals surface area contributed by atoms with Crippen molar-refractivity contribution in [2.75, 3.05) is 5.32 Å². The molecule has 1 aromatic carbocycles. The highest BCUT2D eigenvalue weighted by Gasteiger charge is 2.17. The molecule has 5 rings (SSSR count). The van der Waals surface area contributed by atoms with Crippen molar-refractivity contribution in [3.8, 4) is 22.5 Å². The van der Waals surface area contributed by atoms with Crippen LogP contribution in [0.3, 0.4) is 0 Å². The van der Waals surface area contributed by atoms with Crippen LogP contribution in [-0.4, -0.2) is 25.8 Å². The van der Waals surface area contributed by atoms with E-state index < -0.39 is 0 Å². The molecule has 0 unspecified atom stereocenters. The molecule has 0 radical (unpaired) electrons. The standard InChI is InChI=1S/C25H18ClN5O/c26-18-8-6-16(7-9-18)14-22(32)31-21-15-17(10-13-28-21)24-23(19-4-1-2-11-27-19)25-20(30-24)5-3-12-29-25/h1-13,15,30H,14H2,(H,28,31,32). The molecule has 0 saturated heterocycles. The number of fused-ring (bicyclic) bond motifs is 1. The van der Waals surface area contributed by atoms with Gasteiger partial charge in [-0.1, -0.05) is 29.8 Å². The highest BCUT2D eigenvalue weighted by Crippen LogP contribution is 2.36. The number of hydrogen-bond acceptors (Lipinski definition) is 4. The lowest BCUT2D eigenvalue weighted by Crippen LogP contribution is -2.15. The number of pyridine rings is 3. The molecule has 4 heterocycles. The third-order valence-electron chi connectivity index (χ3n) is 5.07. The van der Waals surface area contributed by atoms with Gasteiger partial charge in [-0.15, -0.1) is 0 Å². The summed E-state index contributed by atoms with van der Waals surface area (Å²) in [5, 5.41) is 3.52. The van der Waals surface area contributed by atoms with Crippen molar-refractivity contribution in [1.29, 1.82) is 0 Å². The fourth-order valence-electron chi connectivity index (χ4n) is 3.63. The molecule has 2 N–H and O–H groups in total. The van der Waals surface area contributed by atoms with E-state index in [2.05, 4.69) is 25.3 Å². The number of nitrogens with zero attached hydrogens (tertiary/aromatic N) is 3. The molecule has 4 aromatic heterocycles. The van der Waals surface area contributed by atoms with Crippen LogP contribution < -0.4 is 5.32 Å². The molecule has 5 aromatic rings. The van der Waals surface area contributed by atoms with E-state index >= 15 is 0 Å². The van der Waals surface area contributed by atoms with Crippen LogP contribution in [0.25, 0.3) is 33.5 Å². The Labute approximate surface area is 189 Å². The largest absolute Gasteiger partial charge is 0.353 e. The average Bonchev–Trinajstić information content (AvgIpc) is 3.21. The van der Waals surface area contributed by atoms with Gasteiger partial charge in [-0.05, 0) is 54.1 Å². The summed E-state index contributed by atoms with van der Waals surface area (Å²) in [6.45, 7) is 0. The number of hydrogen-bond donors (Lipinski definition) is 2. The fraction of sp³-hybridized carbons (Fsp3) is 0.0400. The van der Waals surface area contributed by atoms with E-state index in [1.807, 2.05) is 54.6 Å². The molecule has 7 heteroatoms. The second-order valence-electron chi connectivity index (χ2n) is 7.27. The van der Waals surface area contributed by atoms with Crippen LogP contribution in [0.4, 0.5) is 5.82 Å². The van der Waals surface area contributed by atoms with E-state index in [4.69, 9.17) is 11.6 Å². The Morgan fingerprint density at radius 1 is 0.906 bits per heavy atom. The van der Waals surface area contributed by atoms with E-state index in [9.17, 15) is 4.79 Å². The van der Waals surface area contributed by atoms with Crippen molar-refractivity contribution in [1.82, 2.24) is 19.9 Å². The van der Waals surface area contributed by atoms with Crippen molar-refractivity contribution >= 4 is 34.4 Å². The van der Waals surface area contributed by atoms with E-state index in [0.717, 1.165) is 39.1 Å². The summed E-state index contributed by atoms with van der Waals surface area (Å²) >= 11 is 5.92. The lowest BCUT2D eigenvalue weighted by Gasteiger charge is -2.08. The van der Waals surface area contributed by atoms with E-state index in [1.165, 1.54) is 0 Å². The number of nitrogens with one attached hydrogen (secondary N) is 2. The van der Waals surface area contributed by atoms with Crippen molar-refractivity contribution < 1.29 is 4.79 Å². The van der Waals surface area contributed by atoms with Gasteiger partial charge in [0.2, 0.25) is 5.91 Å². The summed E-state index contributed by atoms with van der Waals surface area (Å²) in [6, 6.07) is 20.6. The Bertz CT molecular complexity index is 1400. The third kappa shape index (κ3) is 4.08. The first kappa shape index (κ1) is 19.9. The van der Waals surface area contributed by atoms with Gasteiger partial charge in [0.15, 0.2) is 0 Å². The smallest absolute Gasteiger partial charge is 0.229 e. The Morgan fingerprint density at radius 3 is 2.56 bits per heavy atom. The van der Waals surface area contributed by atoms with Gasteiger partial charge >= 0.3 is 0 Å². The van der Waals surface area contributed by atoms with Crippen LogP contribution in [0.5, 0.6) is 0 Å². The van der Waals surface area contributed by atoms with E-state index in [1.54, 1.807) is 30.7 Å². The monoisotopic (exact) mass is 439 g/mol. The minimum Gasteiger partial charge on any atom is -0.353 e. The maximum Gasteiger partial charge on any atom is 0.229 e. The number of aromatic nitrogens is 4. The molecule has 32 heavy (non-hydrogen) atoms. The van der Waals surface area contributed by atoms with Gasteiger partial charge in [-0.2, -0.15) is 0 Å². The molecular formula is C25H18ClN5O. The first-order valence-corrected chi connectivity index (χ1v) is 10.4. The molecule has 0 aliphatic heterocycles. The molecule has 156 valence electrons. The Hall–Kier alpha value is -4.03. The SMILES string of the molecule is O=C(Cc1ccc(Cl)cc1)Nc1cc(-c2[nH]c3cccnc3c2-c2ccccn2)ccn1. The first-order chi connectivity index (χ1) is 15.7. The number of carbonyl (C=O) groups excluding carboxylic acids is 1. The van der Waals surface area contributed by atoms with E-state index in [0.29, 0.717) is 10.8 Å². The zero-order chi connectivity index (χ0) is 21.9. The highest BCUT2D eigenvalue weighted by molar-refractivity contribution is 6.30. The Kier molecular flexibility index (Phi) is 5.35. The Morgan fingerprint density at radius 2 is 1.75 bits per heavy atom. The van der Waals surface area contributed by atoms with Gasteiger partial charge in [0, 0.05) is 29.2 Å². The normalized spacial score (nSPS) is 10.9. The molecule has 0 atom stereocenters. The fourth-order valence-corrected chi connectivity index (χ4v) is 3.75. The molecule has 0 spiro atoms. The molecule has 0 aliphatic carbocycles. The van der Waals surface area contributed by atoms with Crippen LogP contribution in [0, 0.1) is 0 Å². The summed E-state index contributed by atoms with van der Waals surface area (Å²) in [7, 11) is 0. The minimum atomic E-state index is -0.153. The number of carbonyl (C=O) groups is 1. The van der Waals surface area contributed by atoms with Gasteiger partial charge in [0.05, 0.1) is 34.4 Å². The molecule has 0 bridgehead atoms. The maximum absolute atomic E-state index is 12.5. The molecular weight excluding hydrogens is 422 g/mol. The molecule has 0 aliphatic rings. The van der Waals surface area contributed by atoms with Crippen LogP contribution in [0.1, 0.15) is 5.56 Å². The second kappa shape index (κ2) is 8.61. The third-order valence-corrected chi connectivity index (χ3v) is 5.32. The molecule has 0 fully saturated rings. The summed E-state index contributed by atoms with van der Waals surface area (Å²) in [5.74, 6) is 0.320. The van der Waals surface area contributed by atoms with E-state index in [-0.39, 0.29) is 12.3 Å². The highest BCUT2D eigenvalue weighted by atomic mass is 35.5. The first-order valence-electron chi connectivity index (χ1n) is 10.1. The number of rotatable bonds is 5. The predicted octanol–water partition coefficient (Wildman–Crippen LogP) is 5.52. The maximum atomic E-state index is 12.5.